The van der Waals surface area contributed by atoms with Crippen molar-refractivity contribution in [1.29, 1.82) is 0 Å². The highest BCUT2D eigenvalue weighted by Crippen LogP contribution is 2.37. The van der Waals surface area contributed by atoms with Crippen LogP contribution >= 0.6 is 0 Å². The fraction of sp³-hybridized carbons (Fsp3) is 0.469. The molecule has 0 radical (unpaired) electrons. The van der Waals surface area contributed by atoms with E-state index in [1.165, 1.54) is 0 Å². The number of benzene rings is 2. The first-order chi connectivity index (χ1) is 19.5. The largest absolute Gasteiger partial charge is 0.338 e. The number of carbonyl (C=O) groups is 2. The zero-order valence-corrected chi connectivity index (χ0v) is 25.2. The van der Waals surface area contributed by atoms with Gasteiger partial charge in [0.05, 0.1) is 24.1 Å². The number of amides is 3. The molecule has 218 valence electrons. The first-order valence-electron chi connectivity index (χ1n) is 14.5. The summed E-state index contributed by atoms with van der Waals surface area (Å²) in [6.45, 7) is 15.1. The molecule has 3 amide bonds. The van der Waals surface area contributed by atoms with Crippen molar-refractivity contribution in [2.75, 3.05) is 42.9 Å². The molecule has 1 aromatic heterocycles. The van der Waals surface area contributed by atoms with Gasteiger partial charge >= 0.3 is 6.03 Å². The zero-order valence-electron chi connectivity index (χ0n) is 25.2. The summed E-state index contributed by atoms with van der Waals surface area (Å²) in [5, 5.41) is 11.0. The van der Waals surface area contributed by atoms with E-state index in [9.17, 15) is 9.59 Å². The van der Waals surface area contributed by atoms with E-state index in [1.807, 2.05) is 68.3 Å². The Balaban J connectivity index is 1.40. The van der Waals surface area contributed by atoms with Gasteiger partial charge < -0.3 is 20.4 Å². The number of urea groups is 1. The third kappa shape index (κ3) is 6.56. The van der Waals surface area contributed by atoms with Crippen molar-refractivity contribution in [3.63, 3.8) is 0 Å². The van der Waals surface area contributed by atoms with Gasteiger partial charge in [0.1, 0.15) is 11.9 Å². The van der Waals surface area contributed by atoms with E-state index in [0.29, 0.717) is 19.6 Å². The van der Waals surface area contributed by atoms with Crippen molar-refractivity contribution >= 4 is 29.1 Å². The number of aromatic nitrogens is 2. The van der Waals surface area contributed by atoms with Crippen molar-refractivity contribution in [2.45, 2.75) is 53.6 Å². The number of hydrogen-bond acceptors (Lipinski definition) is 5. The molecule has 0 saturated carbocycles. The Morgan fingerprint density at radius 3 is 2.46 bits per heavy atom. The Bertz CT molecular complexity index is 1420. The number of nitrogens with zero attached hydrogens (tertiary/aromatic N) is 5. The predicted octanol–water partition coefficient (Wildman–Crippen LogP) is 5.13. The number of carbonyl (C=O) groups excluding carboxylic acids is 2. The predicted molar refractivity (Wildman–Crippen MR) is 163 cm³/mol. The molecular weight excluding hydrogens is 514 g/mol. The van der Waals surface area contributed by atoms with Crippen molar-refractivity contribution in [1.82, 2.24) is 24.9 Å². The second-order valence-corrected chi connectivity index (χ2v) is 12.6. The van der Waals surface area contributed by atoms with Crippen molar-refractivity contribution < 1.29 is 9.59 Å². The van der Waals surface area contributed by atoms with Crippen LogP contribution in [0.3, 0.4) is 0 Å². The highest BCUT2D eigenvalue weighted by atomic mass is 16.2. The van der Waals surface area contributed by atoms with E-state index < -0.39 is 6.04 Å². The molecule has 1 atom stereocenters. The molecule has 2 aliphatic rings. The highest BCUT2D eigenvalue weighted by Gasteiger charge is 2.34. The molecule has 1 saturated heterocycles. The molecule has 0 spiro atoms. The van der Waals surface area contributed by atoms with Crippen LogP contribution in [0.1, 0.15) is 55.5 Å². The number of fused-ring (bicyclic) bond motifs is 2. The van der Waals surface area contributed by atoms with Crippen LogP contribution in [0.2, 0.25) is 0 Å². The van der Waals surface area contributed by atoms with E-state index in [2.05, 4.69) is 41.4 Å². The minimum Gasteiger partial charge on any atom is -0.338 e. The summed E-state index contributed by atoms with van der Waals surface area (Å²) in [6, 6.07) is 12.8. The van der Waals surface area contributed by atoms with Gasteiger partial charge in [-0.3, -0.25) is 14.4 Å². The topological polar surface area (TPSA) is 85.7 Å². The van der Waals surface area contributed by atoms with Gasteiger partial charge in [-0.05, 0) is 55.5 Å². The molecule has 1 unspecified atom stereocenters. The molecule has 1 fully saturated rings. The monoisotopic (exact) mass is 557 g/mol. The lowest BCUT2D eigenvalue weighted by atomic mass is 9.92. The van der Waals surface area contributed by atoms with Gasteiger partial charge in [0, 0.05) is 38.8 Å². The van der Waals surface area contributed by atoms with Crippen LogP contribution in [-0.4, -0.2) is 64.2 Å². The molecular formula is C32H43N7O2. The Kier molecular flexibility index (Phi) is 8.09. The minimum atomic E-state index is -0.839. The standard InChI is InChI=1S/C32H43N7O2/c1-22-8-7-9-24(18-22)28(35-31(41)38-16-14-37(15-17-38)13-12-32(3,4)5)30(40)39-21-25-20-33-36(6)29(25)34-26-19-23(2)10-11-27(26)39/h7-11,18-20,28,34H,12-17,21H2,1-6H3,(H,35,41). The molecule has 0 aliphatic carbocycles. The molecule has 9 nitrogen and oxygen atoms in total. The summed E-state index contributed by atoms with van der Waals surface area (Å²) in [5.41, 5.74) is 5.69. The molecule has 9 heteroatoms. The number of hydrogen-bond donors (Lipinski definition) is 2. The lowest BCUT2D eigenvalue weighted by Gasteiger charge is -2.37. The minimum absolute atomic E-state index is 0.184. The lowest BCUT2D eigenvalue weighted by Crippen LogP contribution is -2.54. The van der Waals surface area contributed by atoms with Crippen LogP contribution in [0, 0.1) is 19.3 Å². The zero-order chi connectivity index (χ0) is 29.3. The highest BCUT2D eigenvalue weighted by molar-refractivity contribution is 6.03. The van der Waals surface area contributed by atoms with E-state index in [0.717, 1.165) is 65.5 Å². The molecule has 0 bridgehead atoms. The molecule has 5 rings (SSSR count). The summed E-state index contributed by atoms with van der Waals surface area (Å²) in [7, 11) is 1.89. The van der Waals surface area contributed by atoms with Crippen LogP contribution in [0.25, 0.3) is 0 Å². The maximum absolute atomic E-state index is 14.5. The Labute approximate surface area is 243 Å². The Morgan fingerprint density at radius 2 is 1.76 bits per heavy atom. The van der Waals surface area contributed by atoms with E-state index in [4.69, 9.17) is 0 Å². The van der Waals surface area contributed by atoms with Crippen molar-refractivity contribution in [3.8, 4) is 0 Å². The van der Waals surface area contributed by atoms with Crippen molar-refractivity contribution in [2.24, 2.45) is 12.5 Å². The SMILES string of the molecule is Cc1cccc(C(NC(=O)N2CCN(CCC(C)(C)C)CC2)C(=O)N2Cc3cnn(C)c3Nc3cc(C)ccc32)c1. The average Bonchev–Trinajstić information content (AvgIpc) is 3.18. The van der Waals surface area contributed by atoms with Crippen LogP contribution in [0.5, 0.6) is 0 Å². The third-order valence-corrected chi connectivity index (χ3v) is 8.03. The fourth-order valence-electron chi connectivity index (χ4n) is 5.50. The molecule has 3 aromatic rings. The number of nitrogens with one attached hydrogen (secondary N) is 2. The van der Waals surface area contributed by atoms with Gasteiger partial charge in [0.25, 0.3) is 5.91 Å². The Hall–Kier alpha value is -3.85. The molecule has 3 heterocycles. The molecule has 2 aromatic carbocycles. The van der Waals surface area contributed by atoms with E-state index >= 15 is 0 Å². The second kappa shape index (κ2) is 11.6. The van der Waals surface area contributed by atoms with E-state index in [1.54, 1.807) is 15.8 Å². The molecule has 2 aliphatic heterocycles. The second-order valence-electron chi connectivity index (χ2n) is 12.6. The molecule has 2 N–H and O–H groups in total. The maximum Gasteiger partial charge on any atom is 0.318 e. The lowest BCUT2D eigenvalue weighted by molar-refractivity contribution is -0.120. The summed E-state index contributed by atoms with van der Waals surface area (Å²) >= 11 is 0. The molecule has 41 heavy (non-hydrogen) atoms. The fourth-order valence-corrected chi connectivity index (χ4v) is 5.50. The van der Waals surface area contributed by atoms with Crippen LogP contribution in [-0.2, 0) is 18.4 Å². The number of aryl methyl sites for hydroxylation is 3. The van der Waals surface area contributed by atoms with Gasteiger partial charge in [-0.1, -0.05) is 56.7 Å². The summed E-state index contributed by atoms with van der Waals surface area (Å²) in [6.07, 6.45) is 2.91. The van der Waals surface area contributed by atoms with Gasteiger partial charge in [0.15, 0.2) is 0 Å². The third-order valence-electron chi connectivity index (χ3n) is 8.03. The van der Waals surface area contributed by atoms with Gasteiger partial charge in [0.2, 0.25) is 0 Å². The smallest absolute Gasteiger partial charge is 0.318 e. The maximum atomic E-state index is 14.5. The average molecular weight is 558 g/mol. The number of anilines is 3. The van der Waals surface area contributed by atoms with Gasteiger partial charge in [-0.2, -0.15) is 5.10 Å². The summed E-state index contributed by atoms with van der Waals surface area (Å²) in [4.78, 5) is 34.2. The quantitative estimate of drug-likeness (QED) is 0.454. The van der Waals surface area contributed by atoms with Crippen LogP contribution < -0.4 is 15.5 Å². The number of rotatable bonds is 5. The van der Waals surface area contributed by atoms with Crippen molar-refractivity contribution in [3.05, 3.63) is 70.9 Å². The number of piperazine rings is 1. The summed E-state index contributed by atoms with van der Waals surface area (Å²) < 4.78 is 1.79. The Morgan fingerprint density at radius 1 is 1.02 bits per heavy atom. The van der Waals surface area contributed by atoms with Gasteiger partial charge in [-0.15, -0.1) is 0 Å². The first kappa shape index (κ1) is 28.7. The van der Waals surface area contributed by atoms with Gasteiger partial charge in [-0.25, -0.2) is 4.79 Å². The first-order valence-corrected chi connectivity index (χ1v) is 14.5. The van der Waals surface area contributed by atoms with Crippen LogP contribution in [0.15, 0.2) is 48.7 Å². The van der Waals surface area contributed by atoms with Crippen LogP contribution in [0.4, 0.5) is 22.0 Å². The van der Waals surface area contributed by atoms with E-state index in [-0.39, 0.29) is 17.4 Å². The normalized spacial score (nSPS) is 16.3. The summed E-state index contributed by atoms with van der Waals surface area (Å²) in [5.74, 6) is 0.670.